The van der Waals surface area contributed by atoms with Crippen molar-refractivity contribution in [3.63, 3.8) is 0 Å². The Balaban J connectivity index is 1.46. The zero-order valence-electron chi connectivity index (χ0n) is 18.9. The maximum atomic E-state index is 14.7. The molecular formula is C24H24F2N6O2. The number of likely N-dealkylation sites (N-methyl/N-ethyl adjacent to an activating group) is 1. The van der Waals surface area contributed by atoms with E-state index >= 15 is 0 Å². The fourth-order valence-corrected chi connectivity index (χ4v) is 3.77. The number of halogens is 2. The second-order valence-electron chi connectivity index (χ2n) is 7.98. The Bertz CT molecular complexity index is 1250. The lowest BCUT2D eigenvalue weighted by Crippen LogP contribution is -2.46. The maximum absolute atomic E-state index is 14.7. The van der Waals surface area contributed by atoms with Gasteiger partial charge in [-0.1, -0.05) is 13.0 Å². The van der Waals surface area contributed by atoms with Crippen molar-refractivity contribution < 1.29 is 18.4 Å². The number of nitrogens with one attached hydrogen (secondary N) is 3. The van der Waals surface area contributed by atoms with Crippen molar-refractivity contribution in [2.75, 3.05) is 27.9 Å². The van der Waals surface area contributed by atoms with Crippen LogP contribution in [0, 0.1) is 18.6 Å². The number of rotatable bonds is 6. The fraction of sp³-hybridized carbons (Fsp3) is 0.250. The molecule has 10 heteroatoms. The highest BCUT2D eigenvalue weighted by Gasteiger charge is 2.32. The monoisotopic (exact) mass is 466 g/mol. The Morgan fingerprint density at radius 3 is 2.56 bits per heavy atom. The van der Waals surface area contributed by atoms with Crippen molar-refractivity contribution in [1.29, 1.82) is 0 Å². The second kappa shape index (κ2) is 9.42. The molecule has 8 nitrogen and oxygen atoms in total. The molecule has 0 bridgehead atoms. The molecular weight excluding hydrogens is 442 g/mol. The molecule has 0 unspecified atom stereocenters. The molecule has 0 saturated heterocycles. The second-order valence-corrected chi connectivity index (χ2v) is 7.98. The molecule has 0 radical (unpaired) electrons. The van der Waals surface area contributed by atoms with Gasteiger partial charge in [0, 0.05) is 30.4 Å². The number of carbonyl (C=O) groups is 2. The van der Waals surface area contributed by atoms with Crippen LogP contribution in [0.25, 0.3) is 0 Å². The lowest BCUT2D eigenvalue weighted by atomic mass is 10.1. The number of carbonyl (C=O) groups excluding carboxylic acids is 2. The number of fused-ring (bicyclic) bond motifs is 1. The lowest BCUT2D eigenvalue weighted by Gasteiger charge is -2.34. The first kappa shape index (κ1) is 23.1. The van der Waals surface area contributed by atoms with Crippen LogP contribution in [0.3, 0.4) is 0 Å². The molecule has 3 N–H and O–H groups in total. The van der Waals surface area contributed by atoms with Gasteiger partial charge in [0.15, 0.2) is 5.82 Å². The summed E-state index contributed by atoms with van der Waals surface area (Å²) in [6.45, 7) is 3.78. The van der Waals surface area contributed by atoms with Crippen LogP contribution in [0.5, 0.6) is 0 Å². The number of nitrogens with zero attached hydrogens (tertiary/aromatic N) is 3. The molecule has 1 aliphatic heterocycles. The van der Waals surface area contributed by atoms with E-state index in [1.54, 1.807) is 14.0 Å². The summed E-state index contributed by atoms with van der Waals surface area (Å²) in [4.78, 5) is 35.3. The number of hydrogen-bond donors (Lipinski definition) is 3. The Kier molecular flexibility index (Phi) is 6.40. The van der Waals surface area contributed by atoms with Gasteiger partial charge in [0.25, 0.3) is 5.91 Å². The van der Waals surface area contributed by atoms with Crippen molar-refractivity contribution in [1.82, 2.24) is 9.97 Å². The molecule has 176 valence electrons. The molecule has 0 aliphatic carbocycles. The molecule has 2 aromatic carbocycles. The maximum Gasteiger partial charge on any atom is 0.255 e. The highest BCUT2D eigenvalue weighted by Crippen LogP contribution is 2.33. The molecule has 4 rings (SSSR count). The van der Waals surface area contributed by atoms with E-state index in [1.165, 1.54) is 36.4 Å². The SMILES string of the molecule is CC[C@@H]1C(=O)Nc2c(C)nc(NCc3ccc(C(=O)Nc4ccc(F)cc4)cc3F)nc2N1C. The Labute approximate surface area is 195 Å². The zero-order valence-corrected chi connectivity index (χ0v) is 18.9. The zero-order chi connectivity index (χ0) is 24.4. The first-order valence-corrected chi connectivity index (χ1v) is 10.8. The van der Waals surface area contributed by atoms with Gasteiger partial charge in [0.2, 0.25) is 11.9 Å². The third-order valence-corrected chi connectivity index (χ3v) is 5.66. The molecule has 0 spiro atoms. The van der Waals surface area contributed by atoms with Crippen molar-refractivity contribution in [2.24, 2.45) is 0 Å². The minimum Gasteiger partial charge on any atom is -0.350 e. The van der Waals surface area contributed by atoms with Gasteiger partial charge in [-0.15, -0.1) is 0 Å². The first-order valence-electron chi connectivity index (χ1n) is 10.8. The Morgan fingerprint density at radius 2 is 1.88 bits per heavy atom. The average molecular weight is 466 g/mol. The topological polar surface area (TPSA) is 99.2 Å². The van der Waals surface area contributed by atoms with Gasteiger partial charge in [-0.3, -0.25) is 9.59 Å². The molecule has 1 atom stereocenters. The molecule has 2 amide bonds. The number of aryl methyl sites for hydroxylation is 1. The van der Waals surface area contributed by atoms with E-state index in [1.807, 2.05) is 11.8 Å². The van der Waals surface area contributed by atoms with Crippen molar-refractivity contribution >= 4 is 35.0 Å². The van der Waals surface area contributed by atoms with Gasteiger partial charge >= 0.3 is 0 Å². The van der Waals surface area contributed by atoms with Gasteiger partial charge in [-0.2, -0.15) is 4.98 Å². The molecule has 2 heterocycles. The predicted octanol–water partition coefficient (Wildman–Crippen LogP) is 4.09. The van der Waals surface area contributed by atoms with E-state index in [0.29, 0.717) is 40.8 Å². The summed E-state index contributed by atoms with van der Waals surface area (Å²) in [6.07, 6.45) is 0.625. The van der Waals surface area contributed by atoms with Gasteiger partial charge in [0.1, 0.15) is 23.4 Å². The molecule has 0 saturated carbocycles. The first-order chi connectivity index (χ1) is 16.3. The van der Waals surface area contributed by atoms with Gasteiger partial charge in [-0.05, 0) is 49.7 Å². The standard InChI is InChI=1S/C24H24F2N6O2/c1-4-19-23(34)30-20-13(2)28-24(31-21(20)32(19)3)27-12-15-6-5-14(11-18(15)26)22(33)29-17-9-7-16(25)8-10-17/h5-11,19H,4,12H2,1-3H3,(H,29,33)(H,30,34)(H,27,28,31)/t19-/m1/s1. The van der Waals surface area contributed by atoms with Crippen molar-refractivity contribution in [3.8, 4) is 0 Å². The summed E-state index contributed by atoms with van der Waals surface area (Å²) in [5.41, 5.74) is 2.02. The summed E-state index contributed by atoms with van der Waals surface area (Å²) in [7, 11) is 1.80. The molecule has 3 aromatic rings. The number of amides is 2. The van der Waals surface area contributed by atoms with Gasteiger partial charge in [0.05, 0.1) is 5.69 Å². The third kappa shape index (κ3) is 4.66. The minimum absolute atomic E-state index is 0.0944. The summed E-state index contributed by atoms with van der Waals surface area (Å²) in [5.74, 6) is -0.698. The van der Waals surface area contributed by atoms with Crippen LogP contribution in [-0.4, -0.2) is 34.9 Å². The number of anilines is 4. The van der Waals surface area contributed by atoms with E-state index in [0.717, 1.165) is 6.07 Å². The van der Waals surface area contributed by atoms with Crippen LogP contribution < -0.4 is 20.9 Å². The van der Waals surface area contributed by atoms with Crippen LogP contribution in [0.1, 0.15) is 35.0 Å². The van der Waals surface area contributed by atoms with Gasteiger partial charge < -0.3 is 20.9 Å². The van der Waals surface area contributed by atoms with Crippen LogP contribution in [0.2, 0.25) is 0 Å². The molecule has 1 aliphatic rings. The van der Waals surface area contributed by atoms with Crippen LogP contribution >= 0.6 is 0 Å². The summed E-state index contributed by atoms with van der Waals surface area (Å²) < 4.78 is 27.7. The van der Waals surface area contributed by atoms with Crippen molar-refractivity contribution in [2.45, 2.75) is 32.9 Å². The quantitative estimate of drug-likeness (QED) is 0.506. The highest BCUT2D eigenvalue weighted by atomic mass is 19.1. The number of aromatic nitrogens is 2. The van der Waals surface area contributed by atoms with E-state index in [9.17, 15) is 18.4 Å². The van der Waals surface area contributed by atoms with E-state index in [4.69, 9.17) is 0 Å². The number of hydrogen-bond acceptors (Lipinski definition) is 6. The summed E-state index contributed by atoms with van der Waals surface area (Å²) in [6, 6.07) is 9.12. The summed E-state index contributed by atoms with van der Waals surface area (Å²) in [5, 5.41) is 8.47. The average Bonchev–Trinajstić information content (AvgIpc) is 2.81. The molecule has 1 aromatic heterocycles. The molecule has 34 heavy (non-hydrogen) atoms. The van der Waals surface area contributed by atoms with Crippen LogP contribution in [-0.2, 0) is 11.3 Å². The third-order valence-electron chi connectivity index (χ3n) is 5.66. The van der Waals surface area contributed by atoms with Crippen LogP contribution in [0.4, 0.5) is 31.9 Å². The van der Waals surface area contributed by atoms with Gasteiger partial charge in [-0.25, -0.2) is 13.8 Å². The predicted molar refractivity (Wildman–Crippen MR) is 126 cm³/mol. The van der Waals surface area contributed by atoms with E-state index in [-0.39, 0.29) is 24.1 Å². The summed E-state index contributed by atoms with van der Waals surface area (Å²) >= 11 is 0. The van der Waals surface area contributed by atoms with Crippen LogP contribution in [0.15, 0.2) is 42.5 Å². The lowest BCUT2D eigenvalue weighted by molar-refractivity contribution is -0.117. The Hall–Kier alpha value is -4.08. The largest absolute Gasteiger partial charge is 0.350 e. The molecule has 0 fully saturated rings. The normalized spacial score (nSPS) is 14.9. The fourth-order valence-electron chi connectivity index (χ4n) is 3.77. The smallest absolute Gasteiger partial charge is 0.255 e. The van der Waals surface area contributed by atoms with E-state index < -0.39 is 17.5 Å². The van der Waals surface area contributed by atoms with Crippen molar-refractivity contribution in [3.05, 3.63) is 70.9 Å². The highest BCUT2D eigenvalue weighted by molar-refractivity contribution is 6.04. The van der Waals surface area contributed by atoms with E-state index in [2.05, 4.69) is 25.9 Å². The number of benzene rings is 2. The minimum atomic E-state index is -0.565. The Morgan fingerprint density at radius 1 is 1.15 bits per heavy atom.